The van der Waals surface area contributed by atoms with Gasteiger partial charge in [-0.2, -0.15) is 0 Å². The standard InChI is InChI=1S/C24H34NO3/c1-25(22(18-26-2)14-15-23(25)19-27-3)16-24(21-12-8-5-9-13-21)28-17-20-10-6-4-7-11-20/h4-13,22-24H,14-19H2,1-3H3/q+1/t22-,23-,24-/m1/s1. The number of nitrogens with zero attached hydrogens (tertiary/aromatic N) is 1. The maximum Gasteiger partial charge on any atom is 0.132 e. The maximum absolute atomic E-state index is 6.50. The Morgan fingerprint density at radius 1 is 0.857 bits per heavy atom. The molecule has 4 nitrogen and oxygen atoms in total. The van der Waals surface area contributed by atoms with E-state index in [2.05, 4.69) is 61.6 Å². The van der Waals surface area contributed by atoms with Crippen molar-refractivity contribution in [3.05, 3.63) is 71.8 Å². The zero-order valence-electron chi connectivity index (χ0n) is 17.4. The molecule has 0 aliphatic carbocycles. The van der Waals surface area contributed by atoms with E-state index < -0.39 is 0 Å². The molecule has 1 heterocycles. The summed E-state index contributed by atoms with van der Waals surface area (Å²) in [7, 11) is 5.95. The zero-order chi connectivity index (χ0) is 19.8. The van der Waals surface area contributed by atoms with Crippen molar-refractivity contribution >= 4 is 0 Å². The molecule has 0 unspecified atom stereocenters. The lowest BCUT2D eigenvalue weighted by atomic mass is 10.1. The molecule has 1 aliphatic heterocycles. The highest BCUT2D eigenvalue weighted by Crippen LogP contribution is 2.35. The molecule has 0 spiro atoms. The van der Waals surface area contributed by atoms with Gasteiger partial charge in [0.15, 0.2) is 0 Å². The molecule has 0 bridgehead atoms. The first kappa shape index (κ1) is 21.0. The average Bonchev–Trinajstić information content (AvgIpc) is 3.03. The Balaban J connectivity index is 1.81. The van der Waals surface area contributed by atoms with Gasteiger partial charge in [0.1, 0.15) is 24.7 Å². The van der Waals surface area contributed by atoms with Gasteiger partial charge in [-0.15, -0.1) is 0 Å². The van der Waals surface area contributed by atoms with Crippen molar-refractivity contribution in [2.24, 2.45) is 0 Å². The summed E-state index contributed by atoms with van der Waals surface area (Å²) in [4.78, 5) is 0. The first-order chi connectivity index (χ1) is 13.7. The van der Waals surface area contributed by atoms with Crippen molar-refractivity contribution in [3.8, 4) is 0 Å². The van der Waals surface area contributed by atoms with E-state index in [1.165, 1.54) is 24.0 Å². The summed E-state index contributed by atoms with van der Waals surface area (Å²) in [5.74, 6) is 0. The number of methoxy groups -OCH3 is 2. The van der Waals surface area contributed by atoms with E-state index in [4.69, 9.17) is 14.2 Å². The minimum absolute atomic E-state index is 0.0308. The van der Waals surface area contributed by atoms with Crippen LogP contribution in [0.1, 0.15) is 30.1 Å². The molecule has 4 heteroatoms. The molecule has 152 valence electrons. The third-order valence-electron chi connectivity index (χ3n) is 6.24. The fourth-order valence-corrected chi connectivity index (χ4v) is 4.51. The van der Waals surface area contributed by atoms with Gasteiger partial charge in [-0.1, -0.05) is 60.7 Å². The molecule has 0 radical (unpaired) electrons. The van der Waals surface area contributed by atoms with Crippen molar-refractivity contribution in [2.75, 3.05) is 41.0 Å². The fourth-order valence-electron chi connectivity index (χ4n) is 4.51. The van der Waals surface area contributed by atoms with Crippen molar-refractivity contribution in [1.82, 2.24) is 0 Å². The lowest BCUT2D eigenvalue weighted by Crippen LogP contribution is -2.58. The monoisotopic (exact) mass is 384 g/mol. The summed E-state index contributed by atoms with van der Waals surface area (Å²) in [5.41, 5.74) is 2.44. The maximum atomic E-state index is 6.50. The van der Waals surface area contributed by atoms with E-state index in [-0.39, 0.29) is 6.10 Å². The van der Waals surface area contributed by atoms with Crippen LogP contribution in [-0.4, -0.2) is 57.6 Å². The fraction of sp³-hybridized carbons (Fsp3) is 0.500. The van der Waals surface area contributed by atoms with E-state index >= 15 is 0 Å². The number of rotatable bonds is 10. The average molecular weight is 385 g/mol. The third-order valence-corrected chi connectivity index (χ3v) is 6.24. The van der Waals surface area contributed by atoms with Gasteiger partial charge in [-0.05, 0) is 11.1 Å². The predicted molar refractivity (Wildman–Crippen MR) is 112 cm³/mol. The Morgan fingerprint density at radius 2 is 1.39 bits per heavy atom. The number of likely N-dealkylation sites (tertiary alicyclic amines) is 1. The predicted octanol–water partition coefficient (Wildman–Crippen LogP) is 4.21. The summed E-state index contributed by atoms with van der Waals surface area (Å²) in [6.07, 6.45) is 2.36. The minimum Gasteiger partial charge on any atom is -0.379 e. The summed E-state index contributed by atoms with van der Waals surface area (Å²) in [6.45, 7) is 3.08. The molecule has 0 aromatic heterocycles. The van der Waals surface area contributed by atoms with Crippen molar-refractivity contribution < 1.29 is 18.7 Å². The lowest BCUT2D eigenvalue weighted by molar-refractivity contribution is -0.947. The first-order valence-electron chi connectivity index (χ1n) is 10.2. The molecule has 28 heavy (non-hydrogen) atoms. The first-order valence-corrected chi connectivity index (χ1v) is 10.2. The molecular weight excluding hydrogens is 350 g/mol. The van der Waals surface area contributed by atoms with Crippen LogP contribution in [0.25, 0.3) is 0 Å². The molecule has 1 aliphatic rings. The topological polar surface area (TPSA) is 27.7 Å². The second-order valence-electron chi connectivity index (χ2n) is 8.02. The molecule has 2 aromatic carbocycles. The molecule has 1 fully saturated rings. The van der Waals surface area contributed by atoms with Crippen molar-refractivity contribution in [1.29, 1.82) is 0 Å². The molecule has 0 N–H and O–H groups in total. The number of likely N-dealkylation sites (N-methyl/N-ethyl adjacent to an activating group) is 1. The van der Waals surface area contributed by atoms with E-state index in [0.717, 1.165) is 24.2 Å². The van der Waals surface area contributed by atoms with Crippen LogP contribution in [0.3, 0.4) is 0 Å². The van der Waals surface area contributed by atoms with Crippen molar-refractivity contribution in [2.45, 2.75) is 37.6 Å². The molecular formula is C24H34NO3+. The van der Waals surface area contributed by atoms with Crippen LogP contribution in [0.5, 0.6) is 0 Å². The highest BCUT2D eigenvalue weighted by atomic mass is 16.5. The van der Waals surface area contributed by atoms with Crippen LogP contribution in [0.4, 0.5) is 0 Å². The Kier molecular flexibility index (Phi) is 7.63. The van der Waals surface area contributed by atoms with Crippen LogP contribution in [-0.2, 0) is 20.8 Å². The van der Waals surface area contributed by atoms with Crippen LogP contribution in [0.15, 0.2) is 60.7 Å². The molecule has 2 aromatic rings. The highest BCUT2D eigenvalue weighted by molar-refractivity contribution is 5.18. The molecule has 1 saturated heterocycles. The van der Waals surface area contributed by atoms with Crippen molar-refractivity contribution in [3.63, 3.8) is 0 Å². The number of quaternary nitrogens is 1. The second kappa shape index (κ2) is 10.2. The minimum atomic E-state index is 0.0308. The van der Waals surface area contributed by atoms with Gasteiger partial charge < -0.3 is 18.7 Å². The third kappa shape index (κ3) is 5.00. The van der Waals surface area contributed by atoms with Crippen LogP contribution < -0.4 is 0 Å². The van der Waals surface area contributed by atoms with Crippen LogP contribution in [0.2, 0.25) is 0 Å². The zero-order valence-corrected chi connectivity index (χ0v) is 17.4. The van der Waals surface area contributed by atoms with Gasteiger partial charge in [-0.3, -0.25) is 0 Å². The highest BCUT2D eigenvalue weighted by Gasteiger charge is 2.47. The van der Waals surface area contributed by atoms with Gasteiger partial charge in [0.05, 0.1) is 26.9 Å². The Morgan fingerprint density at radius 3 is 1.93 bits per heavy atom. The molecule has 0 saturated carbocycles. The van der Waals surface area contributed by atoms with Gasteiger partial charge in [0.25, 0.3) is 0 Å². The normalized spacial score (nSPS) is 22.2. The molecule has 0 amide bonds. The summed E-state index contributed by atoms with van der Waals surface area (Å²) >= 11 is 0. The van der Waals surface area contributed by atoms with Gasteiger partial charge in [-0.25, -0.2) is 0 Å². The molecule has 3 rings (SSSR count). The second-order valence-corrected chi connectivity index (χ2v) is 8.02. The van der Waals surface area contributed by atoms with E-state index in [1.54, 1.807) is 14.2 Å². The number of benzene rings is 2. The lowest BCUT2D eigenvalue weighted by Gasteiger charge is -2.43. The number of hydrogen-bond acceptors (Lipinski definition) is 3. The number of hydrogen-bond donors (Lipinski definition) is 0. The SMILES string of the molecule is COC[C@H]1CC[C@H](COC)[N+]1(C)C[C@@H](OCc1ccccc1)c1ccccc1. The summed E-state index contributed by atoms with van der Waals surface area (Å²) in [6, 6.07) is 21.9. The largest absolute Gasteiger partial charge is 0.379 e. The smallest absolute Gasteiger partial charge is 0.132 e. The van der Waals surface area contributed by atoms with Crippen LogP contribution in [0, 0.1) is 0 Å². The summed E-state index contributed by atoms with van der Waals surface area (Å²) in [5, 5.41) is 0. The van der Waals surface area contributed by atoms with Crippen LogP contribution >= 0.6 is 0 Å². The number of ether oxygens (including phenoxy) is 3. The Hall–Kier alpha value is -1.72. The van der Waals surface area contributed by atoms with E-state index in [0.29, 0.717) is 18.7 Å². The van der Waals surface area contributed by atoms with Gasteiger partial charge >= 0.3 is 0 Å². The Bertz CT molecular complexity index is 678. The quantitative estimate of drug-likeness (QED) is 0.574. The molecule has 3 atom stereocenters. The van der Waals surface area contributed by atoms with E-state index in [9.17, 15) is 0 Å². The van der Waals surface area contributed by atoms with Gasteiger partial charge in [0.2, 0.25) is 0 Å². The summed E-state index contributed by atoms with van der Waals surface area (Å²) < 4.78 is 18.6. The van der Waals surface area contributed by atoms with E-state index in [1.807, 2.05) is 6.07 Å². The van der Waals surface area contributed by atoms with Gasteiger partial charge in [0, 0.05) is 27.1 Å². The Labute approximate surface area is 169 Å².